The van der Waals surface area contributed by atoms with Crippen molar-refractivity contribution >= 4 is 57.6 Å². The number of carbonyl (C=O) groups excluding carboxylic acids is 4. The molecule has 55 heavy (non-hydrogen) atoms. The molecular weight excluding hydrogens is 708 g/mol. The summed E-state index contributed by atoms with van der Waals surface area (Å²) in [6.07, 6.45) is 4.01. The number of hydrogen-bond donors (Lipinski definition) is 5. The lowest BCUT2D eigenvalue weighted by molar-refractivity contribution is 0.0992. The average Bonchev–Trinajstić information content (AvgIpc) is 3.92. The van der Waals surface area contributed by atoms with Crippen LogP contribution in [0.3, 0.4) is 0 Å². The first-order chi connectivity index (χ1) is 26.4. The number of benzene rings is 2. The predicted molar refractivity (Wildman–Crippen MR) is 204 cm³/mol. The Morgan fingerprint density at radius 1 is 0.764 bits per heavy atom. The number of fused-ring (bicyclic) bond motifs is 2. The van der Waals surface area contributed by atoms with E-state index in [1.807, 2.05) is 26.0 Å². The zero-order valence-electron chi connectivity index (χ0n) is 30.9. The summed E-state index contributed by atoms with van der Waals surface area (Å²) >= 11 is 0. The van der Waals surface area contributed by atoms with Crippen molar-refractivity contribution in [3.8, 4) is 5.75 Å². The smallest absolute Gasteiger partial charge is 0.276 e. The highest BCUT2D eigenvalue weighted by Crippen LogP contribution is 2.32. The highest BCUT2D eigenvalue weighted by atomic mass is 16.5. The standard InChI is InChI=1S/C37H42N12O6/c1-5-48-28(16-21(3)44-48)34(53)42-36-40-25-18-23(32(38)51)10-11-27(25)46(36)12-7-8-13-47-31-26(19-24(33(39)52)20-30(31)55-15-9-14-50)41-37(47)43-35(54)29-17-22(4)45-49(29)6-2/h7-8,10-11,16-20,50H,5-6,9,12-15H2,1-4H3,(H2,38,51)(H2,39,52)(H,40,42,53)(H,41,43,54). The topological polar surface area (TPSA) is 245 Å². The maximum Gasteiger partial charge on any atom is 0.276 e. The van der Waals surface area contributed by atoms with Crippen LogP contribution in [0.4, 0.5) is 11.9 Å². The summed E-state index contributed by atoms with van der Waals surface area (Å²) in [6.45, 7) is 8.75. The van der Waals surface area contributed by atoms with Crippen LogP contribution in [0.5, 0.6) is 5.75 Å². The van der Waals surface area contributed by atoms with Crippen molar-refractivity contribution in [3.63, 3.8) is 0 Å². The highest BCUT2D eigenvalue weighted by molar-refractivity contribution is 6.05. The molecule has 18 heteroatoms. The van der Waals surface area contributed by atoms with Gasteiger partial charge in [-0.1, -0.05) is 12.2 Å². The summed E-state index contributed by atoms with van der Waals surface area (Å²) in [5, 5.41) is 23.9. The first-order valence-electron chi connectivity index (χ1n) is 17.7. The minimum atomic E-state index is -0.691. The molecule has 0 fully saturated rings. The van der Waals surface area contributed by atoms with E-state index in [9.17, 15) is 24.3 Å². The molecule has 0 saturated carbocycles. The monoisotopic (exact) mass is 750 g/mol. The van der Waals surface area contributed by atoms with Gasteiger partial charge in [0.05, 0.1) is 34.5 Å². The van der Waals surface area contributed by atoms with E-state index in [4.69, 9.17) is 16.2 Å². The Hall–Kier alpha value is -6.82. The number of aryl methyl sites for hydroxylation is 4. The van der Waals surface area contributed by atoms with Gasteiger partial charge in [0.25, 0.3) is 11.8 Å². The van der Waals surface area contributed by atoms with Crippen LogP contribution in [-0.2, 0) is 26.2 Å². The number of amides is 4. The minimum absolute atomic E-state index is 0.108. The van der Waals surface area contributed by atoms with Crippen LogP contribution in [0, 0.1) is 13.8 Å². The summed E-state index contributed by atoms with van der Waals surface area (Å²) in [5.41, 5.74) is 15.6. The van der Waals surface area contributed by atoms with E-state index in [-0.39, 0.29) is 55.1 Å². The Labute approximate surface area is 314 Å². The van der Waals surface area contributed by atoms with Gasteiger partial charge in [-0.2, -0.15) is 10.2 Å². The van der Waals surface area contributed by atoms with Gasteiger partial charge in [0.15, 0.2) is 0 Å². The van der Waals surface area contributed by atoms with Crippen LogP contribution in [0.1, 0.15) is 73.3 Å². The van der Waals surface area contributed by atoms with Crippen molar-refractivity contribution in [2.75, 3.05) is 23.8 Å². The molecule has 7 N–H and O–H groups in total. The summed E-state index contributed by atoms with van der Waals surface area (Å²) in [6, 6.07) is 11.2. The second-order valence-electron chi connectivity index (χ2n) is 12.6. The van der Waals surface area contributed by atoms with E-state index in [0.29, 0.717) is 64.4 Å². The molecule has 18 nitrogen and oxygen atoms in total. The molecule has 6 rings (SSSR count). The van der Waals surface area contributed by atoms with Crippen LogP contribution in [0.25, 0.3) is 22.1 Å². The number of aliphatic hydroxyl groups is 1. The Bertz CT molecular complexity index is 2470. The van der Waals surface area contributed by atoms with Crippen molar-refractivity contribution in [1.29, 1.82) is 0 Å². The van der Waals surface area contributed by atoms with E-state index >= 15 is 0 Å². The van der Waals surface area contributed by atoms with Gasteiger partial charge < -0.3 is 30.4 Å². The first kappa shape index (κ1) is 37.9. The second-order valence-corrected chi connectivity index (χ2v) is 12.6. The Morgan fingerprint density at radius 3 is 1.87 bits per heavy atom. The third kappa shape index (κ3) is 7.93. The molecular formula is C37H42N12O6. The number of nitrogens with two attached hydrogens (primary N) is 2. The number of ether oxygens (including phenoxy) is 1. The molecule has 4 heterocycles. The van der Waals surface area contributed by atoms with Crippen molar-refractivity contribution in [2.24, 2.45) is 11.5 Å². The zero-order valence-corrected chi connectivity index (χ0v) is 30.9. The predicted octanol–water partition coefficient (Wildman–Crippen LogP) is 3.16. The van der Waals surface area contributed by atoms with E-state index in [1.54, 1.807) is 62.7 Å². The van der Waals surface area contributed by atoms with Gasteiger partial charge in [-0.25, -0.2) is 9.97 Å². The summed E-state index contributed by atoms with van der Waals surface area (Å²) < 4.78 is 12.7. The number of aromatic nitrogens is 8. The second kappa shape index (κ2) is 16.0. The molecule has 0 aliphatic rings. The minimum Gasteiger partial charge on any atom is -0.491 e. The van der Waals surface area contributed by atoms with Gasteiger partial charge in [-0.05, 0) is 70.2 Å². The lowest BCUT2D eigenvalue weighted by atomic mass is 10.1. The van der Waals surface area contributed by atoms with Crippen LogP contribution in [0.2, 0.25) is 0 Å². The van der Waals surface area contributed by atoms with Gasteiger partial charge in [-0.15, -0.1) is 0 Å². The Morgan fingerprint density at radius 2 is 1.31 bits per heavy atom. The zero-order chi connectivity index (χ0) is 39.4. The molecule has 4 aromatic heterocycles. The highest BCUT2D eigenvalue weighted by Gasteiger charge is 2.22. The quantitative estimate of drug-likeness (QED) is 0.0714. The Kier molecular flexibility index (Phi) is 11.1. The summed E-state index contributed by atoms with van der Waals surface area (Å²) in [7, 11) is 0. The third-order valence-electron chi connectivity index (χ3n) is 8.75. The fourth-order valence-corrected chi connectivity index (χ4v) is 6.20. The molecule has 0 saturated heterocycles. The van der Waals surface area contributed by atoms with Gasteiger partial charge >= 0.3 is 0 Å². The number of allylic oxidation sites excluding steroid dienone is 2. The summed E-state index contributed by atoms with van der Waals surface area (Å²) in [5.74, 6) is -1.47. The van der Waals surface area contributed by atoms with Crippen LogP contribution in [0.15, 0.2) is 54.6 Å². The van der Waals surface area contributed by atoms with Gasteiger partial charge in [-0.3, -0.25) is 39.2 Å². The van der Waals surface area contributed by atoms with Crippen molar-refractivity contribution in [2.45, 2.75) is 60.3 Å². The normalized spacial score (nSPS) is 11.5. The summed E-state index contributed by atoms with van der Waals surface area (Å²) in [4.78, 5) is 60.6. The number of hydrogen-bond acceptors (Lipinski definition) is 10. The van der Waals surface area contributed by atoms with Crippen LogP contribution >= 0.6 is 0 Å². The molecule has 0 aliphatic carbocycles. The number of carbonyl (C=O) groups is 4. The van der Waals surface area contributed by atoms with Crippen LogP contribution in [-0.4, -0.2) is 80.6 Å². The molecule has 0 aliphatic heterocycles. The number of nitrogens with zero attached hydrogens (tertiary/aromatic N) is 8. The maximum absolute atomic E-state index is 13.6. The van der Waals surface area contributed by atoms with Crippen molar-refractivity contribution in [1.82, 2.24) is 38.7 Å². The number of anilines is 2. The van der Waals surface area contributed by atoms with Gasteiger partial charge in [0.2, 0.25) is 23.7 Å². The molecule has 0 atom stereocenters. The number of imidazole rings is 2. The maximum atomic E-state index is 13.6. The Balaban J connectivity index is 1.38. The van der Waals surface area contributed by atoms with E-state index < -0.39 is 23.6 Å². The molecule has 0 unspecified atom stereocenters. The van der Waals surface area contributed by atoms with E-state index in [0.717, 1.165) is 0 Å². The molecule has 0 spiro atoms. The molecule has 0 radical (unpaired) electrons. The van der Waals surface area contributed by atoms with Gasteiger partial charge in [0, 0.05) is 50.3 Å². The number of rotatable bonds is 16. The molecule has 0 bridgehead atoms. The molecule has 2 aromatic carbocycles. The number of aliphatic hydroxyl groups excluding tert-OH is 1. The lowest BCUT2D eigenvalue weighted by Gasteiger charge is -2.13. The molecule has 6 aromatic rings. The largest absolute Gasteiger partial charge is 0.491 e. The van der Waals surface area contributed by atoms with Crippen LogP contribution < -0.4 is 26.8 Å². The SMILES string of the molecule is CCn1nc(C)cc1C(=O)Nc1nc2cc(C(N)=O)ccc2n1CC=CCn1c(NC(=O)c2cc(C)nn2CC)nc2cc(C(N)=O)cc(OCCCO)c21. The molecule has 4 amide bonds. The fourth-order valence-electron chi connectivity index (χ4n) is 6.20. The number of primary amides is 2. The van der Waals surface area contributed by atoms with Gasteiger partial charge in [0.1, 0.15) is 22.7 Å². The van der Waals surface area contributed by atoms with Crippen molar-refractivity contribution in [3.05, 3.63) is 88.5 Å². The lowest BCUT2D eigenvalue weighted by Crippen LogP contribution is -2.20. The first-order valence-corrected chi connectivity index (χ1v) is 17.7. The third-order valence-corrected chi connectivity index (χ3v) is 8.75. The van der Waals surface area contributed by atoms with E-state index in [2.05, 4.69) is 30.8 Å². The van der Waals surface area contributed by atoms with E-state index in [1.165, 1.54) is 12.1 Å². The average molecular weight is 751 g/mol. The number of nitrogens with one attached hydrogen (secondary N) is 2. The fraction of sp³-hybridized carbons (Fsp3) is 0.297. The molecule has 286 valence electrons. The van der Waals surface area contributed by atoms with Crippen molar-refractivity contribution < 1.29 is 29.0 Å².